The Morgan fingerprint density at radius 2 is 2.04 bits per heavy atom. The van der Waals surface area contributed by atoms with Gasteiger partial charge >= 0.3 is 0 Å². The van der Waals surface area contributed by atoms with Crippen LogP contribution in [0.15, 0.2) is 46.0 Å². The SMILES string of the molecule is CCc1nc(Sc2nnc(-c3ccccn3)n2CC)c2ccsc2n1. The topological polar surface area (TPSA) is 69.4 Å². The molecule has 0 bridgehead atoms. The minimum atomic E-state index is 0.764. The van der Waals surface area contributed by atoms with Crippen LogP contribution in [0.4, 0.5) is 0 Å². The molecule has 0 aromatic carbocycles. The monoisotopic (exact) mass is 368 g/mol. The smallest absolute Gasteiger partial charge is 0.197 e. The zero-order chi connectivity index (χ0) is 17.2. The van der Waals surface area contributed by atoms with Gasteiger partial charge in [0.25, 0.3) is 0 Å². The quantitative estimate of drug-likeness (QED) is 0.494. The third-order valence-electron chi connectivity index (χ3n) is 3.77. The molecule has 4 aromatic heterocycles. The molecule has 0 radical (unpaired) electrons. The number of thiophene rings is 1. The minimum Gasteiger partial charge on any atom is -0.301 e. The van der Waals surface area contributed by atoms with Crippen LogP contribution in [0.3, 0.4) is 0 Å². The van der Waals surface area contributed by atoms with E-state index in [1.54, 1.807) is 17.5 Å². The highest BCUT2D eigenvalue weighted by molar-refractivity contribution is 7.99. The number of nitrogens with zero attached hydrogens (tertiary/aromatic N) is 6. The first-order valence-corrected chi connectivity index (χ1v) is 9.76. The first-order valence-electron chi connectivity index (χ1n) is 8.06. The molecule has 4 heterocycles. The van der Waals surface area contributed by atoms with Gasteiger partial charge in [-0.25, -0.2) is 9.97 Å². The molecule has 126 valence electrons. The molecule has 8 heteroatoms. The van der Waals surface area contributed by atoms with E-state index in [-0.39, 0.29) is 0 Å². The van der Waals surface area contributed by atoms with Crippen molar-refractivity contribution in [1.82, 2.24) is 29.7 Å². The van der Waals surface area contributed by atoms with E-state index in [1.807, 2.05) is 23.6 Å². The van der Waals surface area contributed by atoms with E-state index in [9.17, 15) is 0 Å². The summed E-state index contributed by atoms with van der Waals surface area (Å²) < 4.78 is 2.07. The van der Waals surface area contributed by atoms with Crippen LogP contribution in [0.5, 0.6) is 0 Å². The van der Waals surface area contributed by atoms with Crippen LogP contribution in [0.2, 0.25) is 0 Å². The molecular formula is C17H16N6S2. The lowest BCUT2D eigenvalue weighted by atomic mass is 10.3. The predicted octanol–water partition coefficient (Wildman–Crippen LogP) is 4.08. The van der Waals surface area contributed by atoms with Crippen molar-refractivity contribution in [3.8, 4) is 11.5 Å². The van der Waals surface area contributed by atoms with E-state index >= 15 is 0 Å². The van der Waals surface area contributed by atoms with Gasteiger partial charge in [0.2, 0.25) is 0 Å². The first-order chi connectivity index (χ1) is 12.3. The van der Waals surface area contributed by atoms with Gasteiger partial charge < -0.3 is 4.57 Å². The average Bonchev–Trinajstić information content (AvgIpc) is 3.28. The molecule has 0 spiro atoms. The van der Waals surface area contributed by atoms with Gasteiger partial charge in [0, 0.05) is 24.5 Å². The molecule has 0 saturated heterocycles. The van der Waals surface area contributed by atoms with E-state index in [4.69, 9.17) is 4.98 Å². The van der Waals surface area contributed by atoms with Crippen molar-refractivity contribution in [3.05, 3.63) is 41.7 Å². The van der Waals surface area contributed by atoms with Crippen molar-refractivity contribution < 1.29 is 0 Å². The Kier molecular flexibility index (Phi) is 4.46. The van der Waals surface area contributed by atoms with Crippen LogP contribution in [-0.4, -0.2) is 29.7 Å². The van der Waals surface area contributed by atoms with Gasteiger partial charge in [-0.1, -0.05) is 13.0 Å². The number of hydrogen-bond acceptors (Lipinski definition) is 7. The number of pyridine rings is 1. The third-order valence-corrected chi connectivity index (χ3v) is 5.56. The number of rotatable bonds is 5. The van der Waals surface area contributed by atoms with Crippen molar-refractivity contribution in [1.29, 1.82) is 0 Å². The van der Waals surface area contributed by atoms with Crippen molar-refractivity contribution >= 4 is 33.3 Å². The summed E-state index contributed by atoms with van der Waals surface area (Å²) in [5, 5.41) is 13.6. The Labute approximate surface area is 153 Å². The van der Waals surface area contributed by atoms with Crippen LogP contribution in [-0.2, 0) is 13.0 Å². The molecule has 0 amide bonds. The van der Waals surface area contributed by atoms with E-state index in [0.29, 0.717) is 0 Å². The standard InChI is InChI=1S/C17H16N6S2/c1-3-13-19-15-11(8-10-24-15)16(20-13)25-17-22-21-14(23(17)4-2)12-7-5-6-9-18-12/h5-10H,3-4H2,1-2H3. The lowest BCUT2D eigenvalue weighted by Crippen LogP contribution is -2.01. The van der Waals surface area contributed by atoms with E-state index in [2.05, 4.69) is 44.6 Å². The molecule has 0 fully saturated rings. The molecular weight excluding hydrogens is 352 g/mol. The summed E-state index contributed by atoms with van der Waals surface area (Å²) in [5.74, 6) is 1.63. The average molecular weight is 368 g/mol. The molecule has 0 aliphatic heterocycles. The summed E-state index contributed by atoms with van der Waals surface area (Å²) in [6.45, 7) is 4.91. The summed E-state index contributed by atoms with van der Waals surface area (Å²) in [7, 11) is 0. The normalized spacial score (nSPS) is 11.3. The molecule has 0 aliphatic rings. The summed E-state index contributed by atoms with van der Waals surface area (Å²) in [4.78, 5) is 14.7. The molecule has 0 saturated carbocycles. The van der Waals surface area contributed by atoms with E-state index in [0.717, 1.165) is 50.7 Å². The van der Waals surface area contributed by atoms with Gasteiger partial charge in [0.05, 0.1) is 0 Å². The number of hydrogen-bond donors (Lipinski definition) is 0. The van der Waals surface area contributed by atoms with Crippen LogP contribution in [0, 0.1) is 0 Å². The molecule has 4 rings (SSSR count). The Balaban J connectivity index is 1.77. The Bertz CT molecular complexity index is 1010. The highest BCUT2D eigenvalue weighted by Gasteiger charge is 2.17. The maximum Gasteiger partial charge on any atom is 0.197 e. The molecule has 4 aromatic rings. The largest absolute Gasteiger partial charge is 0.301 e. The van der Waals surface area contributed by atoms with Gasteiger partial charge in [0.1, 0.15) is 21.4 Å². The lowest BCUT2D eigenvalue weighted by Gasteiger charge is -2.07. The van der Waals surface area contributed by atoms with Gasteiger partial charge in [-0.2, -0.15) is 0 Å². The fourth-order valence-corrected chi connectivity index (χ4v) is 4.38. The summed E-state index contributed by atoms with van der Waals surface area (Å²) in [6.07, 6.45) is 2.57. The van der Waals surface area contributed by atoms with Crippen molar-refractivity contribution in [2.45, 2.75) is 37.0 Å². The fourth-order valence-electron chi connectivity index (χ4n) is 2.53. The number of aryl methyl sites for hydroxylation is 1. The maximum atomic E-state index is 4.71. The molecule has 6 nitrogen and oxygen atoms in total. The Morgan fingerprint density at radius 1 is 1.12 bits per heavy atom. The molecule has 0 atom stereocenters. The summed E-state index contributed by atoms with van der Waals surface area (Å²) in [6, 6.07) is 7.86. The summed E-state index contributed by atoms with van der Waals surface area (Å²) >= 11 is 3.17. The second kappa shape index (κ2) is 6.89. The second-order valence-corrected chi connectivity index (χ2v) is 7.16. The van der Waals surface area contributed by atoms with Gasteiger partial charge in [0.15, 0.2) is 11.0 Å². The summed E-state index contributed by atoms with van der Waals surface area (Å²) in [5.41, 5.74) is 0.821. The Hall–Kier alpha value is -2.32. The van der Waals surface area contributed by atoms with Crippen molar-refractivity contribution in [3.63, 3.8) is 0 Å². The van der Waals surface area contributed by atoms with E-state index < -0.39 is 0 Å². The fraction of sp³-hybridized carbons (Fsp3) is 0.235. The van der Waals surface area contributed by atoms with Gasteiger partial charge in [-0.3, -0.25) is 4.98 Å². The van der Waals surface area contributed by atoms with Crippen molar-refractivity contribution in [2.24, 2.45) is 0 Å². The third kappa shape index (κ3) is 3.03. The van der Waals surface area contributed by atoms with Crippen LogP contribution >= 0.6 is 23.1 Å². The molecule has 0 N–H and O–H groups in total. The zero-order valence-electron chi connectivity index (χ0n) is 13.9. The number of fused-ring (bicyclic) bond motifs is 1. The predicted molar refractivity (Wildman–Crippen MR) is 99.8 cm³/mol. The van der Waals surface area contributed by atoms with Gasteiger partial charge in [-0.15, -0.1) is 21.5 Å². The van der Waals surface area contributed by atoms with Crippen LogP contribution in [0.1, 0.15) is 19.7 Å². The first kappa shape index (κ1) is 16.2. The molecule has 0 unspecified atom stereocenters. The van der Waals surface area contributed by atoms with Crippen LogP contribution in [0.25, 0.3) is 21.7 Å². The highest BCUT2D eigenvalue weighted by Crippen LogP contribution is 2.34. The highest BCUT2D eigenvalue weighted by atomic mass is 32.2. The number of aromatic nitrogens is 6. The van der Waals surface area contributed by atoms with E-state index in [1.165, 1.54) is 11.8 Å². The van der Waals surface area contributed by atoms with Crippen LogP contribution < -0.4 is 0 Å². The lowest BCUT2D eigenvalue weighted by molar-refractivity contribution is 0.685. The Morgan fingerprint density at radius 3 is 2.80 bits per heavy atom. The minimum absolute atomic E-state index is 0.764. The zero-order valence-corrected chi connectivity index (χ0v) is 15.5. The maximum absolute atomic E-state index is 4.71. The molecule has 25 heavy (non-hydrogen) atoms. The van der Waals surface area contributed by atoms with Gasteiger partial charge in [-0.05, 0) is 42.3 Å². The molecule has 0 aliphatic carbocycles. The second-order valence-electron chi connectivity index (χ2n) is 5.31. The van der Waals surface area contributed by atoms with Crippen molar-refractivity contribution in [2.75, 3.05) is 0 Å².